The van der Waals surface area contributed by atoms with Gasteiger partial charge in [0.1, 0.15) is 0 Å². The third-order valence-electron chi connectivity index (χ3n) is 3.99. The van der Waals surface area contributed by atoms with Crippen LogP contribution < -0.4 is 11.1 Å². The van der Waals surface area contributed by atoms with E-state index in [0.717, 1.165) is 12.0 Å². The molecule has 0 amide bonds. The molecule has 0 aromatic carbocycles. The minimum atomic E-state index is 0.513. The highest BCUT2D eigenvalue weighted by atomic mass is 14.9. The Balaban J connectivity index is 0.000000160. The molecular weight excluding hydrogens is 196 g/mol. The molecule has 2 aliphatic rings. The summed E-state index contributed by atoms with van der Waals surface area (Å²) in [6.45, 7) is 2.29. The van der Waals surface area contributed by atoms with Crippen LogP contribution in [0.15, 0.2) is 0 Å². The first-order valence-corrected chi connectivity index (χ1v) is 7.15. The van der Waals surface area contributed by atoms with Gasteiger partial charge in [-0.05, 0) is 38.6 Å². The van der Waals surface area contributed by atoms with Gasteiger partial charge in [-0.15, -0.1) is 0 Å². The van der Waals surface area contributed by atoms with Crippen LogP contribution >= 0.6 is 0 Å². The highest BCUT2D eigenvalue weighted by molar-refractivity contribution is 4.71. The number of nitrogens with two attached hydrogens (primary N) is 1. The van der Waals surface area contributed by atoms with E-state index in [9.17, 15) is 0 Å². The van der Waals surface area contributed by atoms with Crippen molar-refractivity contribution in [2.75, 3.05) is 7.05 Å². The number of hydrogen-bond acceptors (Lipinski definition) is 2. The van der Waals surface area contributed by atoms with E-state index in [1.165, 1.54) is 57.8 Å². The van der Waals surface area contributed by atoms with Crippen LogP contribution in [0.2, 0.25) is 0 Å². The highest BCUT2D eigenvalue weighted by Gasteiger charge is 2.14. The monoisotopic (exact) mass is 226 g/mol. The summed E-state index contributed by atoms with van der Waals surface area (Å²) in [7, 11) is 2.07. The largest absolute Gasteiger partial charge is 0.328 e. The average molecular weight is 226 g/mol. The Labute approximate surface area is 101 Å². The van der Waals surface area contributed by atoms with E-state index in [1.54, 1.807) is 0 Å². The summed E-state index contributed by atoms with van der Waals surface area (Å²) in [6.07, 6.45) is 12.4. The normalized spacial score (nSPS) is 31.7. The standard InChI is InChI=1S/2C7H15N/c1-6-3-2-4-7(8)5-6;1-8-7-5-3-2-4-6-7/h6-7H,2-5,8H2,1H3;7-8H,2-6H2,1H3. The van der Waals surface area contributed by atoms with Crippen LogP contribution in [0.4, 0.5) is 0 Å². The Hall–Kier alpha value is -0.0800. The van der Waals surface area contributed by atoms with Crippen molar-refractivity contribution in [3.8, 4) is 0 Å². The van der Waals surface area contributed by atoms with E-state index in [-0.39, 0.29) is 0 Å². The summed E-state index contributed by atoms with van der Waals surface area (Å²) in [6, 6.07) is 1.35. The third-order valence-corrected chi connectivity index (χ3v) is 3.99. The predicted molar refractivity (Wildman–Crippen MR) is 71.5 cm³/mol. The van der Waals surface area contributed by atoms with Crippen molar-refractivity contribution in [2.24, 2.45) is 11.7 Å². The molecule has 2 unspecified atom stereocenters. The molecule has 0 aromatic heterocycles. The smallest absolute Gasteiger partial charge is 0.00640 e. The van der Waals surface area contributed by atoms with E-state index in [1.807, 2.05) is 0 Å². The molecule has 2 aliphatic carbocycles. The number of rotatable bonds is 1. The zero-order chi connectivity index (χ0) is 11.8. The van der Waals surface area contributed by atoms with Crippen LogP contribution in [-0.4, -0.2) is 19.1 Å². The molecule has 2 heteroatoms. The summed E-state index contributed by atoms with van der Waals surface area (Å²) < 4.78 is 0. The number of hydrogen-bond donors (Lipinski definition) is 2. The van der Waals surface area contributed by atoms with Crippen molar-refractivity contribution < 1.29 is 0 Å². The lowest BCUT2D eigenvalue weighted by Crippen LogP contribution is -2.26. The molecule has 96 valence electrons. The molecule has 2 rings (SSSR count). The van der Waals surface area contributed by atoms with Crippen LogP contribution in [-0.2, 0) is 0 Å². The lowest BCUT2D eigenvalue weighted by Gasteiger charge is -2.22. The second-order valence-electron chi connectivity index (χ2n) is 5.66. The van der Waals surface area contributed by atoms with Gasteiger partial charge in [-0.3, -0.25) is 0 Å². The molecule has 0 radical (unpaired) electrons. The lowest BCUT2D eigenvalue weighted by molar-refractivity contribution is 0.344. The topological polar surface area (TPSA) is 38.0 Å². The minimum Gasteiger partial charge on any atom is -0.328 e. The fourth-order valence-electron chi connectivity index (χ4n) is 2.87. The first-order valence-electron chi connectivity index (χ1n) is 7.15. The molecule has 2 saturated carbocycles. The molecule has 0 spiro atoms. The lowest BCUT2D eigenvalue weighted by atomic mass is 9.88. The summed E-state index contributed by atoms with van der Waals surface area (Å²) in [5.41, 5.74) is 5.73. The van der Waals surface area contributed by atoms with Gasteiger partial charge in [-0.2, -0.15) is 0 Å². The fourth-order valence-corrected chi connectivity index (χ4v) is 2.87. The Morgan fingerprint density at radius 2 is 1.62 bits per heavy atom. The summed E-state index contributed by atoms with van der Waals surface area (Å²) >= 11 is 0. The fraction of sp³-hybridized carbons (Fsp3) is 1.00. The van der Waals surface area contributed by atoms with Gasteiger partial charge in [0.15, 0.2) is 0 Å². The molecule has 0 aromatic rings. The van der Waals surface area contributed by atoms with E-state index in [2.05, 4.69) is 19.3 Å². The van der Waals surface area contributed by atoms with Crippen LogP contribution in [0.5, 0.6) is 0 Å². The van der Waals surface area contributed by atoms with E-state index < -0.39 is 0 Å². The van der Waals surface area contributed by atoms with Gasteiger partial charge in [0.25, 0.3) is 0 Å². The van der Waals surface area contributed by atoms with Gasteiger partial charge in [-0.1, -0.05) is 39.0 Å². The van der Waals surface area contributed by atoms with Gasteiger partial charge in [0, 0.05) is 12.1 Å². The Morgan fingerprint density at radius 3 is 2.00 bits per heavy atom. The minimum absolute atomic E-state index is 0.513. The molecule has 0 saturated heterocycles. The summed E-state index contributed by atoms with van der Waals surface area (Å²) in [4.78, 5) is 0. The molecule has 3 N–H and O–H groups in total. The number of nitrogens with one attached hydrogen (secondary N) is 1. The maximum atomic E-state index is 5.73. The van der Waals surface area contributed by atoms with E-state index in [0.29, 0.717) is 6.04 Å². The van der Waals surface area contributed by atoms with Crippen LogP contribution in [0, 0.1) is 5.92 Å². The van der Waals surface area contributed by atoms with Crippen molar-refractivity contribution in [3.63, 3.8) is 0 Å². The van der Waals surface area contributed by atoms with Crippen molar-refractivity contribution in [3.05, 3.63) is 0 Å². The van der Waals surface area contributed by atoms with Crippen LogP contribution in [0.25, 0.3) is 0 Å². The van der Waals surface area contributed by atoms with Crippen LogP contribution in [0.1, 0.15) is 64.7 Å². The quantitative estimate of drug-likeness (QED) is 0.721. The van der Waals surface area contributed by atoms with Crippen molar-refractivity contribution in [2.45, 2.75) is 76.8 Å². The predicted octanol–water partition coefficient (Wildman–Crippen LogP) is 3.06. The van der Waals surface area contributed by atoms with Gasteiger partial charge < -0.3 is 11.1 Å². The Morgan fingerprint density at radius 1 is 0.938 bits per heavy atom. The maximum absolute atomic E-state index is 5.73. The Kier molecular flexibility index (Phi) is 7.06. The van der Waals surface area contributed by atoms with E-state index >= 15 is 0 Å². The SMILES string of the molecule is CC1CCCC(N)C1.CNC1CCCCC1. The van der Waals surface area contributed by atoms with Gasteiger partial charge in [-0.25, -0.2) is 0 Å². The second-order valence-corrected chi connectivity index (χ2v) is 5.66. The Bertz CT molecular complexity index is 156. The van der Waals surface area contributed by atoms with Crippen molar-refractivity contribution >= 4 is 0 Å². The second kappa shape index (κ2) is 8.08. The summed E-state index contributed by atoms with van der Waals surface area (Å²) in [5, 5.41) is 3.30. The van der Waals surface area contributed by atoms with Crippen molar-refractivity contribution in [1.29, 1.82) is 0 Å². The average Bonchev–Trinajstić information content (AvgIpc) is 2.31. The maximum Gasteiger partial charge on any atom is 0.00640 e. The molecule has 2 atom stereocenters. The van der Waals surface area contributed by atoms with Gasteiger partial charge in [0.2, 0.25) is 0 Å². The molecule has 2 nitrogen and oxygen atoms in total. The molecule has 0 aliphatic heterocycles. The first kappa shape index (κ1) is 14.0. The molecular formula is C14H30N2. The first-order chi connectivity index (χ1) is 7.72. The molecule has 2 fully saturated rings. The molecule has 0 heterocycles. The van der Waals surface area contributed by atoms with Gasteiger partial charge in [0.05, 0.1) is 0 Å². The summed E-state index contributed by atoms with van der Waals surface area (Å²) in [5.74, 6) is 0.888. The van der Waals surface area contributed by atoms with Crippen molar-refractivity contribution in [1.82, 2.24) is 5.32 Å². The van der Waals surface area contributed by atoms with E-state index in [4.69, 9.17) is 5.73 Å². The molecule has 16 heavy (non-hydrogen) atoms. The third kappa shape index (κ3) is 5.86. The molecule has 0 bridgehead atoms. The highest BCUT2D eigenvalue weighted by Crippen LogP contribution is 2.21. The van der Waals surface area contributed by atoms with Gasteiger partial charge >= 0.3 is 0 Å². The zero-order valence-corrected chi connectivity index (χ0v) is 11.2. The zero-order valence-electron chi connectivity index (χ0n) is 11.2. The van der Waals surface area contributed by atoms with Crippen LogP contribution in [0.3, 0.4) is 0 Å².